The van der Waals surface area contributed by atoms with Gasteiger partial charge >= 0.3 is 0 Å². The van der Waals surface area contributed by atoms with E-state index in [2.05, 4.69) is 10.6 Å². The van der Waals surface area contributed by atoms with Gasteiger partial charge in [0.15, 0.2) is 0 Å². The molecule has 2 rings (SSSR count). The minimum Gasteiger partial charge on any atom is -0.354 e. The summed E-state index contributed by atoms with van der Waals surface area (Å²) in [4.78, 5) is 22.6. The molecule has 1 aromatic carbocycles. The molecular formula is C14H15FN2O2. The quantitative estimate of drug-likeness (QED) is 0.805. The summed E-state index contributed by atoms with van der Waals surface area (Å²) in [5.74, 6) is -0.566. The van der Waals surface area contributed by atoms with E-state index >= 15 is 0 Å². The van der Waals surface area contributed by atoms with Gasteiger partial charge in [0.1, 0.15) is 5.82 Å². The van der Waals surface area contributed by atoms with Crippen molar-refractivity contribution in [2.45, 2.75) is 18.9 Å². The van der Waals surface area contributed by atoms with Gasteiger partial charge in [-0.1, -0.05) is 12.1 Å². The fourth-order valence-electron chi connectivity index (χ4n) is 1.89. The molecule has 5 heteroatoms. The van der Waals surface area contributed by atoms with Crippen molar-refractivity contribution in [2.75, 3.05) is 6.54 Å². The van der Waals surface area contributed by atoms with Crippen LogP contribution in [0.25, 0.3) is 6.08 Å². The van der Waals surface area contributed by atoms with Gasteiger partial charge in [-0.2, -0.15) is 0 Å². The number of piperidine rings is 1. The van der Waals surface area contributed by atoms with Crippen LogP contribution in [0.5, 0.6) is 0 Å². The van der Waals surface area contributed by atoms with E-state index in [9.17, 15) is 14.0 Å². The van der Waals surface area contributed by atoms with Gasteiger partial charge in [0.25, 0.3) is 0 Å². The first-order valence-corrected chi connectivity index (χ1v) is 6.14. The van der Waals surface area contributed by atoms with E-state index in [1.165, 1.54) is 18.2 Å². The van der Waals surface area contributed by atoms with Crippen molar-refractivity contribution < 1.29 is 14.0 Å². The van der Waals surface area contributed by atoms with Crippen LogP contribution in [0.3, 0.4) is 0 Å². The van der Waals surface area contributed by atoms with E-state index in [4.69, 9.17) is 0 Å². The van der Waals surface area contributed by atoms with Crippen molar-refractivity contribution in [1.29, 1.82) is 0 Å². The minimum atomic E-state index is -0.336. The first-order chi connectivity index (χ1) is 9.13. The maximum Gasteiger partial charge on any atom is 0.244 e. The molecule has 2 amide bonds. The lowest BCUT2D eigenvalue weighted by atomic mass is 10.1. The Morgan fingerprint density at radius 2 is 2.32 bits per heavy atom. The standard InChI is InChI=1S/C14H15FN2O2/c15-11-3-1-2-10(8-11)4-6-14(19)17-12-5-7-13(18)16-9-12/h1-4,6,8,12H,5,7,9H2,(H,16,18)(H,17,19). The van der Waals surface area contributed by atoms with Gasteiger partial charge in [0.2, 0.25) is 11.8 Å². The number of hydrogen-bond acceptors (Lipinski definition) is 2. The predicted octanol–water partition coefficient (Wildman–Crippen LogP) is 1.23. The Hall–Kier alpha value is -2.17. The molecule has 1 aliphatic heterocycles. The van der Waals surface area contributed by atoms with Crippen molar-refractivity contribution in [1.82, 2.24) is 10.6 Å². The summed E-state index contributed by atoms with van der Waals surface area (Å²) in [5, 5.41) is 5.48. The molecule has 0 bridgehead atoms. The van der Waals surface area contributed by atoms with Gasteiger partial charge in [-0.05, 0) is 30.2 Å². The number of rotatable bonds is 3. The van der Waals surface area contributed by atoms with Crippen LogP contribution in [-0.4, -0.2) is 24.4 Å². The summed E-state index contributed by atoms with van der Waals surface area (Å²) < 4.78 is 12.9. The van der Waals surface area contributed by atoms with Crippen LogP contribution >= 0.6 is 0 Å². The zero-order valence-electron chi connectivity index (χ0n) is 10.4. The third-order valence-corrected chi connectivity index (χ3v) is 2.89. The van der Waals surface area contributed by atoms with Crippen LogP contribution in [0, 0.1) is 5.82 Å². The number of nitrogens with one attached hydrogen (secondary N) is 2. The molecule has 1 heterocycles. The maximum atomic E-state index is 12.9. The van der Waals surface area contributed by atoms with E-state index < -0.39 is 0 Å². The molecule has 1 saturated heterocycles. The molecule has 0 saturated carbocycles. The lowest BCUT2D eigenvalue weighted by Crippen LogP contribution is -2.47. The molecule has 0 spiro atoms. The number of benzene rings is 1. The summed E-state index contributed by atoms with van der Waals surface area (Å²) in [7, 11) is 0. The molecule has 19 heavy (non-hydrogen) atoms. The van der Waals surface area contributed by atoms with Crippen molar-refractivity contribution >= 4 is 17.9 Å². The van der Waals surface area contributed by atoms with Crippen LogP contribution < -0.4 is 10.6 Å². The third kappa shape index (κ3) is 4.21. The zero-order valence-corrected chi connectivity index (χ0v) is 10.4. The molecular weight excluding hydrogens is 247 g/mol. The third-order valence-electron chi connectivity index (χ3n) is 2.89. The second-order valence-corrected chi connectivity index (χ2v) is 4.44. The molecule has 1 atom stereocenters. The number of halogens is 1. The largest absolute Gasteiger partial charge is 0.354 e. The first-order valence-electron chi connectivity index (χ1n) is 6.14. The Bertz CT molecular complexity index is 504. The highest BCUT2D eigenvalue weighted by Gasteiger charge is 2.18. The second-order valence-electron chi connectivity index (χ2n) is 4.44. The Morgan fingerprint density at radius 3 is 3.00 bits per heavy atom. The molecule has 0 aliphatic carbocycles. The van der Waals surface area contributed by atoms with Crippen molar-refractivity contribution in [2.24, 2.45) is 0 Å². The van der Waals surface area contributed by atoms with Crippen molar-refractivity contribution in [3.63, 3.8) is 0 Å². The van der Waals surface area contributed by atoms with E-state index in [0.29, 0.717) is 24.9 Å². The molecule has 0 aromatic heterocycles. The molecule has 0 radical (unpaired) electrons. The topological polar surface area (TPSA) is 58.2 Å². The van der Waals surface area contributed by atoms with Crippen molar-refractivity contribution in [3.8, 4) is 0 Å². The zero-order chi connectivity index (χ0) is 13.7. The normalized spacial score (nSPS) is 19.2. The van der Waals surface area contributed by atoms with Crippen molar-refractivity contribution in [3.05, 3.63) is 41.7 Å². The first kappa shape index (κ1) is 13.3. The highest BCUT2D eigenvalue weighted by Crippen LogP contribution is 2.06. The van der Waals surface area contributed by atoms with Crippen LogP contribution in [-0.2, 0) is 9.59 Å². The van der Waals surface area contributed by atoms with Crippen LogP contribution in [0.4, 0.5) is 4.39 Å². The number of hydrogen-bond donors (Lipinski definition) is 2. The second kappa shape index (κ2) is 6.13. The van der Waals surface area contributed by atoms with Gasteiger partial charge in [0, 0.05) is 25.1 Å². The van der Waals surface area contributed by atoms with Crippen LogP contribution in [0.2, 0.25) is 0 Å². The SMILES string of the molecule is O=C(C=Cc1cccc(F)c1)NC1CCC(=O)NC1. The Kier molecular flexibility index (Phi) is 4.28. The van der Waals surface area contributed by atoms with Gasteiger partial charge < -0.3 is 10.6 Å². The lowest BCUT2D eigenvalue weighted by Gasteiger charge is -2.22. The number of carbonyl (C=O) groups is 2. The molecule has 1 unspecified atom stereocenters. The molecule has 1 fully saturated rings. The van der Waals surface area contributed by atoms with Crippen LogP contribution in [0.1, 0.15) is 18.4 Å². The molecule has 1 aliphatic rings. The lowest BCUT2D eigenvalue weighted by molar-refractivity contribution is -0.124. The van der Waals surface area contributed by atoms with Gasteiger partial charge in [-0.3, -0.25) is 9.59 Å². The van der Waals surface area contributed by atoms with Crippen LogP contribution in [0.15, 0.2) is 30.3 Å². The van der Waals surface area contributed by atoms with E-state index in [1.54, 1.807) is 18.2 Å². The Labute approximate surface area is 110 Å². The minimum absolute atomic E-state index is 0.0146. The van der Waals surface area contributed by atoms with Gasteiger partial charge in [0.05, 0.1) is 0 Å². The molecule has 4 nitrogen and oxygen atoms in total. The van der Waals surface area contributed by atoms with Gasteiger partial charge in [-0.25, -0.2) is 4.39 Å². The summed E-state index contributed by atoms with van der Waals surface area (Å²) in [6.45, 7) is 0.457. The monoisotopic (exact) mass is 262 g/mol. The average Bonchev–Trinajstić information content (AvgIpc) is 2.39. The smallest absolute Gasteiger partial charge is 0.244 e. The van der Waals surface area contributed by atoms with Gasteiger partial charge in [-0.15, -0.1) is 0 Å². The summed E-state index contributed by atoms with van der Waals surface area (Å²) in [6, 6.07) is 5.96. The molecule has 2 N–H and O–H groups in total. The maximum absolute atomic E-state index is 12.9. The fourth-order valence-corrected chi connectivity index (χ4v) is 1.89. The fraction of sp³-hybridized carbons (Fsp3) is 0.286. The predicted molar refractivity (Wildman–Crippen MR) is 69.6 cm³/mol. The number of carbonyl (C=O) groups excluding carboxylic acids is 2. The summed E-state index contributed by atoms with van der Waals surface area (Å²) >= 11 is 0. The highest BCUT2D eigenvalue weighted by molar-refractivity contribution is 5.92. The number of amides is 2. The molecule has 1 aromatic rings. The molecule has 100 valence electrons. The Morgan fingerprint density at radius 1 is 1.47 bits per heavy atom. The average molecular weight is 262 g/mol. The summed E-state index contributed by atoms with van der Waals surface area (Å²) in [5.41, 5.74) is 0.632. The summed E-state index contributed by atoms with van der Waals surface area (Å²) in [6.07, 6.45) is 3.99. The Balaban J connectivity index is 1.85. The van der Waals surface area contributed by atoms with E-state index in [1.807, 2.05) is 0 Å². The highest BCUT2D eigenvalue weighted by atomic mass is 19.1. The van der Waals surface area contributed by atoms with E-state index in [-0.39, 0.29) is 23.7 Å². The van der Waals surface area contributed by atoms with E-state index in [0.717, 1.165) is 0 Å².